The number of amidine groups is 1. The van der Waals surface area contributed by atoms with Gasteiger partial charge in [0.25, 0.3) is 15.9 Å². The van der Waals surface area contributed by atoms with E-state index in [4.69, 9.17) is 9.47 Å². The lowest BCUT2D eigenvalue weighted by Gasteiger charge is -2.07. The molecule has 1 saturated heterocycles. The largest absolute Gasteiger partial charge is 0.493 e. The van der Waals surface area contributed by atoms with Crippen LogP contribution in [-0.4, -0.2) is 33.7 Å². The number of nitrogens with one attached hydrogen (secondary N) is 1. The van der Waals surface area contributed by atoms with Crippen LogP contribution in [0.15, 0.2) is 57.8 Å². The van der Waals surface area contributed by atoms with Gasteiger partial charge in [-0.3, -0.25) is 10.1 Å². The standard InChI is InChI=1S/C19H18N2O5S2/c1-25-15-9-8-14(10-16(15)26-2)11-17-18(22)20-19(27-17)21-28(23,24)12-13-6-4-3-5-7-13/h3-11H,12H2,1-2H3,(H,20,21,22)/b17-11+. The van der Waals surface area contributed by atoms with Gasteiger partial charge < -0.3 is 9.47 Å². The number of thioether (sulfide) groups is 1. The quantitative estimate of drug-likeness (QED) is 0.725. The zero-order valence-corrected chi connectivity index (χ0v) is 16.8. The van der Waals surface area contributed by atoms with Gasteiger partial charge in [0, 0.05) is 0 Å². The molecule has 1 heterocycles. The Bertz CT molecular complexity index is 1050. The third-order valence-electron chi connectivity index (χ3n) is 3.77. The second kappa shape index (κ2) is 8.49. The Labute approximate surface area is 167 Å². The third kappa shape index (κ3) is 4.93. The van der Waals surface area contributed by atoms with Gasteiger partial charge in [0.1, 0.15) is 0 Å². The first-order valence-corrected chi connectivity index (χ1v) is 10.6. The topological polar surface area (TPSA) is 94.1 Å². The number of hydrogen-bond donors (Lipinski definition) is 1. The van der Waals surface area contributed by atoms with E-state index in [2.05, 4.69) is 9.71 Å². The summed E-state index contributed by atoms with van der Waals surface area (Å²) >= 11 is 0.974. The number of carbonyl (C=O) groups excluding carboxylic acids is 1. The fourth-order valence-corrected chi connectivity index (χ4v) is 4.67. The minimum atomic E-state index is -3.77. The molecule has 3 rings (SSSR count). The van der Waals surface area contributed by atoms with Crippen molar-refractivity contribution in [1.29, 1.82) is 0 Å². The lowest BCUT2D eigenvalue weighted by atomic mass is 10.2. The minimum absolute atomic E-state index is 0.0349. The molecule has 1 amide bonds. The zero-order chi connectivity index (χ0) is 20.1. The predicted molar refractivity (Wildman–Crippen MR) is 110 cm³/mol. The molecule has 0 spiro atoms. The molecule has 0 saturated carbocycles. The summed E-state index contributed by atoms with van der Waals surface area (Å²) in [6, 6.07) is 14.0. The number of sulfonamides is 1. The highest BCUT2D eigenvalue weighted by molar-refractivity contribution is 8.19. The number of ether oxygens (including phenoxy) is 2. The van der Waals surface area contributed by atoms with Gasteiger partial charge in [-0.15, -0.1) is 4.40 Å². The number of carbonyl (C=O) groups is 1. The highest BCUT2D eigenvalue weighted by Gasteiger charge is 2.26. The van der Waals surface area contributed by atoms with E-state index in [1.807, 2.05) is 0 Å². The van der Waals surface area contributed by atoms with Crippen LogP contribution in [0.3, 0.4) is 0 Å². The van der Waals surface area contributed by atoms with Crippen LogP contribution in [0.25, 0.3) is 6.08 Å². The van der Waals surface area contributed by atoms with Gasteiger partial charge in [-0.1, -0.05) is 36.4 Å². The molecule has 28 heavy (non-hydrogen) atoms. The molecule has 0 aromatic heterocycles. The molecule has 2 aromatic carbocycles. The molecule has 1 aliphatic rings. The first-order chi connectivity index (χ1) is 13.4. The van der Waals surface area contributed by atoms with Crippen LogP contribution in [0.1, 0.15) is 11.1 Å². The SMILES string of the molecule is COc1ccc(/C=C2/S/C(=N\S(=O)(=O)Cc3ccccc3)NC2=O)cc1OC. The Hall–Kier alpha value is -2.78. The van der Waals surface area contributed by atoms with E-state index < -0.39 is 15.9 Å². The third-order valence-corrected chi connectivity index (χ3v) is 5.95. The smallest absolute Gasteiger partial charge is 0.264 e. The van der Waals surface area contributed by atoms with E-state index >= 15 is 0 Å². The molecule has 146 valence electrons. The van der Waals surface area contributed by atoms with Crippen molar-refractivity contribution < 1.29 is 22.7 Å². The van der Waals surface area contributed by atoms with Gasteiger partial charge in [0.2, 0.25) is 0 Å². The average Bonchev–Trinajstić information content (AvgIpc) is 2.99. The fourth-order valence-electron chi connectivity index (χ4n) is 2.51. The van der Waals surface area contributed by atoms with E-state index in [0.29, 0.717) is 27.5 Å². The normalized spacial score (nSPS) is 17.0. The summed E-state index contributed by atoms with van der Waals surface area (Å²) in [5, 5.41) is 2.52. The Kier molecular flexibility index (Phi) is 6.05. The zero-order valence-electron chi connectivity index (χ0n) is 15.2. The summed E-state index contributed by atoms with van der Waals surface area (Å²) in [7, 11) is -0.710. The number of nitrogens with zero attached hydrogens (tertiary/aromatic N) is 1. The molecule has 0 radical (unpaired) electrons. The van der Waals surface area contributed by atoms with Crippen molar-refractivity contribution in [3.05, 3.63) is 64.6 Å². The van der Waals surface area contributed by atoms with Gasteiger partial charge >= 0.3 is 0 Å². The van der Waals surface area contributed by atoms with Crippen molar-refractivity contribution in [2.24, 2.45) is 4.40 Å². The van der Waals surface area contributed by atoms with Crippen LogP contribution in [0.5, 0.6) is 11.5 Å². The number of methoxy groups -OCH3 is 2. The summed E-state index contributed by atoms with van der Waals surface area (Å²) < 4.78 is 38.7. The van der Waals surface area contributed by atoms with Gasteiger partial charge in [-0.25, -0.2) is 8.42 Å². The van der Waals surface area contributed by atoms with E-state index in [1.54, 1.807) is 54.6 Å². The monoisotopic (exact) mass is 418 g/mol. The first kappa shape index (κ1) is 20.0. The van der Waals surface area contributed by atoms with Crippen molar-refractivity contribution in [3.63, 3.8) is 0 Å². The maximum Gasteiger partial charge on any atom is 0.264 e. The van der Waals surface area contributed by atoms with E-state index in [9.17, 15) is 13.2 Å². The average molecular weight is 418 g/mol. The highest BCUT2D eigenvalue weighted by Crippen LogP contribution is 2.31. The summed E-state index contributed by atoms with van der Waals surface area (Å²) in [5.74, 6) is 0.457. The Balaban J connectivity index is 1.79. The molecular weight excluding hydrogens is 400 g/mol. The van der Waals surface area contributed by atoms with E-state index in [-0.39, 0.29) is 10.9 Å². The second-order valence-electron chi connectivity index (χ2n) is 5.79. The molecule has 7 nitrogen and oxygen atoms in total. The molecular formula is C19H18N2O5S2. The molecule has 1 N–H and O–H groups in total. The Morgan fingerprint density at radius 1 is 1.07 bits per heavy atom. The van der Waals surface area contributed by atoms with Crippen LogP contribution in [0, 0.1) is 0 Å². The van der Waals surface area contributed by atoms with Crippen LogP contribution < -0.4 is 14.8 Å². The van der Waals surface area contributed by atoms with Crippen LogP contribution in [0.4, 0.5) is 0 Å². The second-order valence-corrected chi connectivity index (χ2v) is 8.45. The molecule has 9 heteroatoms. The Morgan fingerprint density at radius 2 is 1.79 bits per heavy atom. The van der Waals surface area contributed by atoms with E-state index in [0.717, 1.165) is 11.8 Å². The summed E-state index contributed by atoms with van der Waals surface area (Å²) in [6.07, 6.45) is 1.63. The van der Waals surface area contributed by atoms with Crippen molar-refractivity contribution in [2.75, 3.05) is 14.2 Å². The first-order valence-electron chi connectivity index (χ1n) is 8.19. The minimum Gasteiger partial charge on any atom is -0.493 e. The fraction of sp³-hybridized carbons (Fsp3) is 0.158. The van der Waals surface area contributed by atoms with Crippen LogP contribution >= 0.6 is 11.8 Å². The summed E-state index contributed by atoms with van der Waals surface area (Å²) in [6.45, 7) is 0. The molecule has 0 unspecified atom stereocenters. The number of rotatable bonds is 6. The summed E-state index contributed by atoms with van der Waals surface area (Å²) in [5.41, 5.74) is 1.34. The highest BCUT2D eigenvalue weighted by atomic mass is 32.2. The molecule has 1 fully saturated rings. The molecule has 0 aliphatic carbocycles. The molecule has 0 bridgehead atoms. The van der Waals surface area contributed by atoms with E-state index in [1.165, 1.54) is 14.2 Å². The van der Waals surface area contributed by atoms with Gasteiger partial charge in [0.15, 0.2) is 16.7 Å². The van der Waals surface area contributed by atoms with Crippen molar-refractivity contribution in [2.45, 2.75) is 5.75 Å². The van der Waals surface area contributed by atoms with Crippen LogP contribution in [0.2, 0.25) is 0 Å². The van der Waals surface area contributed by atoms with Gasteiger partial charge in [-0.05, 0) is 41.1 Å². The lowest BCUT2D eigenvalue weighted by molar-refractivity contribution is -0.115. The van der Waals surface area contributed by atoms with Crippen molar-refractivity contribution >= 4 is 38.9 Å². The van der Waals surface area contributed by atoms with Gasteiger partial charge in [-0.2, -0.15) is 0 Å². The molecule has 2 aromatic rings. The molecule has 1 aliphatic heterocycles. The Morgan fingerprint density at radius 3 is 2.46 bits per heavy atom. The number of benzene rings is 2. The van der Waals surface area contributed by atoms with Crippen LogP contribution in [-0.2, 0) is 20.6 Å². The maximum absolute atomic E-state index is 12.3. The number of hydrogen-bond acceptors (Lipinski definition) is 6. The summed E-state index contributed by atoms with van der Waals surface area (Å²) in [4.78, 5) is 12.5. The lowest BCUT2D eigenvalue weighted by Crippen LogP contribution is -2.21. The van der Waals surface area contributed by atoms with Gasteiger partial charge in [0.05, 0.1) is 24.9 Å². The predicted octanol–water partition coefficient (Wildman–Crippen LogP) is 2.79. The number of amides is 1. The maximum atomic E-state index is 12.3. The van der Waals surface area contributed by atoms with Crippen molar-refractivity contribution in [3.8, 4) is 11.5 Å². The van der Waals surface area contributed by atoms with Crippen molar-refractivity contribution in [1.82, 2.24) is 5.32 Å². The molecule has 0 atom stereocenters.